The van der Waals surface area contributed by atoms with Gasteiger partial charge in [0.2, 0.25) is 5.91 Å². The number of nitrogens with zero attached hydrogens (tertiary/aromatic N) is 3. The van der Waals surface area contributed by atoms with Crippen LogP contribution in [0, 0.1) is 6.92 Å². The number of carbonyl (C=O) groups excluding carboxylic acids is 1. The van der Waals surface area contributed by atoms with Gasteiger partial charge in [-0.15, -0.1) is 5.10 Å². The van der Waals surface area contributed by atoms with Crippen molar-refractivity contribution in [3.8, 4) is 23.1 Å². The molecule has 0 aliphatic carbocycles. The first-order valence-electron chi connectivity index (χ1n) is 11.5. The third-order valence-electron chi connectivity index (χ3n) is 5.17. The Labute approximate surface area is 205 Å². The first kappa shape index (κ1) is 23.9. The largest absolute Gasteiger partial charge is 0.460 e. The summed E-state index contributed by atoms with van der Waals surface area (Å²) in [6.07, 6.45) is 3.29. The Hall–Kier alpha value is -4.23. The van der Waals surface area contributed by atoms with Crippen LogP contribution < -0.4 is 10.1 Å². The summed E-state index contributed by atoms with van der Waals surface area (Å²) in [7, 11) is 0. The Bertz CT molecular complexity index is 1260. The van der Waals surface area contributed by atoms with Crippen molar-refractivity contribution in [1.29, 1.82) is 0 Å². The Morgan fingerprint density at radius 3 is 2.43 bits per heavy atom. The van der Waals surface area contributed by atoms with E-state index in [-0.39, 0.29) is 11.9 Å². The van der Waals surface area contributed by atoms with Crippen LogP contribution in [0.3, 0.4) is 0 Å². The summed E-state index contributed by atoms with van der Waals surface area (Å²) >= 11 is 0. The fourth-order valence-corrected chi connectivity index (χ4v) is 3.37. The van der Waals surface area contributed by atoms with E-state index >= 15 is 0 Å². The van der Waals surface area contributed by atoms with E-state index in [2.05, 4.69) is 15.4 Å². The number of nitrogens with one attached hydrogen (secondary N) is 1. The van der Waals surface area contributed by atoms with Crippen LogP contribution in [0.5, 0.6) is 6.01 Å². The zero-order chi connectivity index (χ0) is 24.5. The van der Waals surface area contributed by atoms with Crippen LogP contribution in [0.15, 0.2) is 84.9 Å². The maximum Gasteiger partial charge on any atom is 0.336 e. The van der Waals surface area contributed by atoms with Crippen molar-refractivity contribution in [2.75, 3.05) is 25.1 Å². The molecule has 0 bridgehead atoms. The standard InChI is InChI=1S/C28H28N4O3/c1-3-34-19-20-35-28-30-27(23-12-9-21(2)10-13-23)32(31-28)25-16-14-24(15-17-25)29-26(33)18-11-22-7-5-4-6-8-22/h4-18H,3,19-20H2,1-2H3,(H,29,33)/b18-11+. The molecular weight excluding hydrogens is 440 g/mol. The maximum atomic E-state index is 12.3. The van der Waals surface area contributed by atoms with Gasteiger partial charge in [-0.3, -0.25) is 4.79 Å². The molecule has 1 heterocycles. The summed E-state index contributed by atoms with van der Waals surface area (Å²) in [5.74, 6) is 0.465. The molecule has 0 fully saturated rings. The van der Waals surface area contributed by atoms with E-state index in [4.69, 9.17) is 9.47 Å². The fourth-order valence-electron chi connectivity index (χ4n) is 3.37. The fraction of sp³-hybridized carbons (Fsp3) is 0.179. The molecule has 35 heavy (non-hydrogen) atoms. The second-order valence-electron chi connectivity index (χ2n) is 7.82. The molecule has 0 unspecified atom stereocenters. The minimum absolute atomic E-state index is 0.201. The number of anilines is 1. The zero-order valence-corrected chi connectivity index (χ0v) is 19.8. The minimum atomic E-state index is -0.201. The van der Waals surface area contributed by atoms with Crippen molar-refractivity contribution in [1.82, 2.24) is 14.8 Å². The zero-order valence-electron chi connectivity index (χ0n) is 19.8. The Kier molecular flexibility index (Phi) is 8.04. The van der Waals surface area contributed by atoms with Gasteiger partial charge in [0.1, 0.15) is 6.61 Å². The van der Waals surface area contributed by atoms with Gasteiger partial charge in [-0.05, 0) is 49.8 Å². The van der Waals surface area contributed by atoms with Crippen molar-refractivity contribution >= 4 is 17.7 Å². The highest BCUT2D eigenvalue weighted by Gasteiger charge is 2.15. The average molecular weight is 469 g/mol. The number of ether oxygens (including phenoxy) is 2. The first-order chi connectivity index (χ1) is 17.1. The normalized spacial score (nSPS) is 11.0. The van der Waals surface area contributed by atoms with Crippen molar-refractivity contribution in [2.24, 2.45) is 0 Å². The van der Waals surface area contributed by atoms with Crippen LogP contribution >= 0.6 is 0 Å². The summed E-state index contributed by atoms with van der Waals surface area (Å²) in [6, 6.07) is 25.5. The van der Waals surface area contributed by atoms with Gasteiger partial charge in [0, 0.05) is 23.9 Å². The number of aromatic nitrogens is 3. The summed E-state index contributed by atoms with van der Waals surface area (Å²) in [6.45, 7) is 5.45. The van der Waals surface area contributed by atoms with E-state index in [1.54, 1.807) is 10.8 Å². The highest BCUT2D eigenvalue weighted by molar-refractivity contribution is 6.01. The Morgan fingerprint density at radius 2 is 1.71 bits per heavy atom. The lowest BCUT2D eigenvalue weighted by Gasteiger charge is -2.08. The molecule has 0 saturated heterocycles. The molecule has 1 amide bonds. The lowest BCUT2D eigenvalue weighted by atomic mass is 10.1. The van der Waals surface area contributed by atoms with Crippen LogP contribution in [-0.4, -0.2) is 40.5 Å². The number of hydrogen-bond acceptors (Lipinski definition) is 5. The molecule has 4 aromatic rings. The number of rotatable bonds is 10. The SMILES string of the molecule is CCOCCOc1nc(-c2ccc(C)cc2)n(-c2ccc(NC(=O)/C=C/c3ccccc3)cc2)n1. The molecule has 0 saturated carbocycles. The van der Waals surface area contributed by atoms with Crippen LogP contribution in [0.25, 0.3) is 23.2 Å². The molecule has 1 N–H and O–H groups in total. The minimum Gasteiger partial charge on any atom is -0.460 e. The third kappa shape index (κ3) is 6.65. The van der Waals surface area contributed by atoms with Crippen LogP contribution in [0.1, 0.15) is 18.1 Å². The predicted octanol–water partition coefficient (Wildman–Crippen LogP) is 5.31. The van der Waals surface area contributed by atoms with E-state index in [9.17, 15) is 4.79 Å². The lowest BCUT2D eigenvalue weighted by Crippen LogP contribution is -2.08. The molecule has 7 heteroatoms. The van der Waals surface area contributed by atoms with E-state index in [1.807, 2.05) is 92.7 Å². The highest BCUT2D eigenvalue weighted by Crippen LogP contribution is 2.25. The van der Waals surface area contributed by atoms with Gasteiger partial charge in [0.25, 0.3) is 0 Å². The van der Waals surface area contributed by atoms with Crippen LogP contribution in [-0.2, 0) is 9.53 Å². The molecule has 0 radical (unpaired) electrons. The second kappa shape index (κ2) is 11.8. The van der Waals surface area contributed by atoms with Crippen LogP contribution in [0.2, 0.25) is 0 Å². The predicted molar refractivity (Wildman–Crippen MR) is 138 cm³/mol. The van der Waals surface area contributed by atoms with Gasteiger partial charge >= 0.3 is 6.01 Å². The van der Waals surface area contributed by atoms with Gasteiger partial charge in [0.05, 0.1) is 12.3 Å². The summed E-state index contributed by atoms with van der Waals surface area (Å²) in [5.41, 5.74) is 4.53. The quantitative estimate of drug-likeness (QED) is 0.252. The number of hydrogen-bond donors (Lipinski definition) is 1. The van der Waals surface area contributed by atoms with Crippen molar-refractivity contribution in [3.05, 3.63) is 96.1 Å². The van der Waals surface area contributed by atoms with Gasteiger partial charge in [0.15, 0.2) is 5.82 Å². The lowest BCUT2D eigenvalue weighted by molar-refractivity contribution is -0.111. The molecule has 0 aliphatic heterocycles. The van der Waals surface area contributed by atoms with Crippen molar-refractivity contribution in [2.45, 2.75) is 13.8 Å². The molecule has 178 valence electrons. The molecule has 1 aromatic heterocycles. The number of carbonyl (C=O) groups is 1. The van der Waals surface area contributed by atoms with Gasteiger partial charge in [-0.25, -0.2) is 4.68 Å². The third-order valence-corrected chi connectivity index (χ3v) is 5.17. The molecule has 7 nitrogen and oxygen atoms in total. The maximum absolute atomic E-state index is 12.3. The number of benzene rings is 3. The van der Waals surface area contributed by atoms with Gasteiger partial charge < -0.3 is 14.8 Å². The van der Waals surface area contributed by atoms with Crippen molar-refractivity contribution in [3.63, 3.8) is 0 Å². The second-order valence-corrected chi connectivity index (χ2v) is 7.82. The number of aryl methyl sites for hydroxylation is 1. The first-order valence-corrected chi connectivity index (χ1v) is 11.5. The van der Waals surface area contributed by atoms with E-state index in [1.165, 1.54) is 6.08 Å². The molecule has 4 rings (SSSR count). The smallest absolute Gasteiger partial charge is 0.336 e. The topological polar surface area (TPSA) is 78.3 Å². The summed E-state index contributed by atoms with van der Waals surface area (Å²) < 4.78 is 12.8. The summed E-state index contributed by atoms with van der Waals surface area (Å²) in [5, 5.41) is 7.44. The molecular formula is C28H28N4O3. The van der Waals surface area contributed by atoms with Gasteiger partial charge in [-0.1, -0.05) is 60.2 Å². The molecule has 0 atom stereocenters. The average Bonchev–Trinajstić information content (AvgIpc) is 3.31. The summed E-state index contributed by atoms with van der Waals surface area (Å²) in [4.78, 5) is 16.9. The van der Waals surface area contributed by atoms with E-state index < -0.39 is 0 Å². The van der Waals surface area contributed by atoms with Crippen molar-refractivity contribution < 1.29 is 14.3 Å². The molecule has 3 aromatic carbocycles. The number of amides is 1. The Morgan fingerprint density at radius 1 is 0.971 bits per heavy atom. The highest BCUT2D eigenvalue weighted by atomic mass is 16.5. The monoisotopic (exact) mass is 468 g/mol. The van der Waals surface area contributed by atoms with Crippen LogP contribution in [0.4, 0.5) is 5.69 Å². The van der Waals surface area contributed by atoms with Gasteiger partial charge in [-0.2, -0.15) is 4.98 Å². The van der Waals surface area contributed by atoms with E-state index in [0.717, 1.165) is 22.4 Å². The Balaban J connectivity index is 1.51. The van der Waals surface area contributed by atoms with E-state index in [0.29, 0.717) is 31.3 Å². The molecule has 0 spiro atoms. The molecule has 0 aliphatic rings.